The van der Waals surface area contributed by atoms with Gasteiger partial charge in [-0.2, -0.15) is 8.78 Å². The number of carbonyl (C=O) groups excluding carboxylic acids is 1. The number of fused-ring (bicyclic) bond motifs is 1. The monoisotopic (exact) mass is 543 g/mol. The van der Waals surface area contributed by atoms with Gasteiger partial charge < -0.3 is 4.74 Å². The van der Waals surface area contributed by atoms with Crippen LogP contribution in [0.1, 0.15) is 25.8 Å². The Balaban J connectivity index is 2.07. The number of pyridine rings is 2. The molecule has 0 spiro atoms. The molecule has 1 aliphatic heterocycles. The van der Waals surface area contributed by atoms with Crippen molar-refractivity contribution in [3.8, 4) is 17.1 Å². The Bertz CT molecular complexity index is 1250. The van der Waals surface area contributed by atoms with E-state index in [9.17, 15) is 43.9 Å². The fourth-order valence-corrected chi connectivity index (χ4v) is 4.42. The maximum absolute atomic E-state index is 14.4. The second kappa shape index (κ2) is 9.82. The molecule has 0 N–H and O–H groups in total. The number of alkyl halides is 7. The summed E-state index contributed by atoms with van der Waals surface area (Å²) in [4.78, 5) is 19.5. The Morgan fingerprint density at radius 2 is 1.75 bits per heavy atom. The lowest BCUT2D eigenvalue weighted by atomic mass is 10.0. The predicted octanol–water partition coefficient (Wildman–Crippen LogP) is 4.45. The Morgan fingerprint density at radius 3 is 2.33 bits per heavy atom. The van der Waals surface area contributed by atoms with E-state index in [4.69, 9.17) is 4.74 Å². The summed E-state index contributed by atoms with van der Waals surface area (Å²) in [5.74, 6) is -10.2. The van der Waals surface area contributed by atoms with Crippen LogP contribution in [-0.4, -0.2) is 61.2 Å². The number of halogens is 7. The molecule has 1 amide bonds. The van der Waals surface area contributed by atoms with Crippen molar-refractivity contribution < 1.29 is 48.7 Å². The van der Waals surface area contributed by atoms with Gasteiger partial charge in [-0.15, -0.1) is 0 Å². The third-order valence-electron chi connectivity index (χ3n) is 5.22. The number of hydrogen-bond donors (Lipinski definition) is 0. The van der Waals surface area contributed by atoms with E-state index in [1.54, 1.807) is 0 Å². The van der Waals surface area contributed by atoms with Gasteiger partial charge in [0.05, 0.1) is 34.4 Å². The number of aromatic nitrogens is 2. The Morgan fingerprint density at radius 1 is 1.08 bits per heavy atom. The third kappa shape index (κ3) is 5.55. The number of rotatable bonds is 9. The van der Waals surface area contributed by atoms with Crippen LogP contribution >= 0.6 is 0 Å². The molecule has 7 nitrogen and oxygen atoms in total. The molecular formula is C21H20F7N3O4S. The summed E-state index contributed by atoms with van der Waals surface area (Å²) in [7, 11) is -4.01. The van der Waals surface area contributed by atoms with E-state index in [2.05, 4.69) is 9.97 Å². The van der Waals surface area contributed by atoms with Crippen LogP contribution in [0.5, 0.6) is 5.75 Å². The molecule has 0 fully saturated rings. The third-order valence-corrected chi connectivity index (χ3v) is 6.96. The van der Waals surface area contributed by atoms with E-state index in [1.807, 2.05) is 0 Å². The van der Waals surface area contributed by atoms with Gasteiger partial charge in [0.15, 0.2) is 16.4 Å². The SMILES string of the molecule is CCS(=O)(=O)c1cc(OCC(C)(F)F)cnc1-c1cc2c(cn1)N(C(F)C(F)(F)C(F)F)C(=O)CC2. The van der Waals surface area contributed by atoms with Gasteiger partial charge in [-0.1, -0.05) is 6.92 Å². The average molecular weight is 543 g/mol. The lowest BCUT2D eigenvalue weighted by Gasteiger charge is -2.34. The van der Waals surface area contributed by atoms with Gasteiger partial charge in [0.1, 0.15) is 11.4 Å². The van der Waals surface area contributed by atoms with E-state index < -0.39 is 69.7 Å². The normalized spacial score (nSPS) is 15.7. The molecule has 198 valence electrons. The van der Waals surface area contributed by atoms with Crippen molar-refractivity contribution in [3.63, 3.8) is 0 Å². The highest BCUT2D eigenvalue weighted by Gasteiger charge is 2.54. The van der Waals surface area contributed by atoms with Crippen molar-refractivity contribution in [2.75, 3.05) is 17.3 Å². The first-order chi connectivity index (χ1) is 16.6. The number of aryl methyl sites for hydroxylation is 1. The zero-order chi connectivity index (χ0) is 27.1. The van der Waals surface area contributed by atoms with Gasteiger partial charge in [-0.3, -0.25) is 14.7 Å². The lowest BCUT2D eigenvalue weighted by molar-refractivity contribution is -0.173. The van der Waals surface area contributed by atoms with E-state index >= 15 is 0 Å². The first kappa shape index (κ1) is 27.6. The van der Waals surface area contributed by atoms with Gasteiger partial charge >= 0.3 is 12.3 Å². The number of amides is 1. The fraction of sp³-hybridized carbons (Fsp3) is 0.476. The molecular weight excluding hydrogens is 523 g/mol. The summed E-state index contributed by atoms with van der Waals surface area (Å²) >= 11 is 0. The van der Waals surface area contributed by atoms with E-state index in [1.165, 1.54) is 13.0 Å². The molecule has 2 aromatic rings. The molecule has 36 heavy (non-hydrogen) atoms. The van der Waals surface area contributed by atoms with Crippen LogP contribution in [0.2, 0.25) is 0 Å². The van der Waals surface area contributed by atoms with Gasteiger partial charge in [0, 0.05) is 19.4 Å². The second-order valence-electron chi connectivity index (χ2n) is 8.05. The minimum absolute atomic E-state index is 0.0555. The first-order valence-corrected chi connectivity index (χ1v) is 12.1. The number of anilines is 1. The molecule has 0 aromatic carbocycles. The Kier molecular flexibility index (Phi) is 7.54. The molecule has 3 heterocycles. The summed E-state index contributed by atoms with van der Waals surface area (Å²) in [5.41, 5.74) is -0.792. The molecule has 15 heteroatoms. The first-order valence-electron chi connectivity index (χ1n) is 10.4. The number of hydrogen-bond acceptors (Lipinski definition) is 6. The molecule has 0 saturated carbocycles. The van der Waals surface area contributed by atoms with Gasteiger partial charge in [-0.05, 0) is 18.1 Å². The molecule has 3 rings (SSSR count). The van der Waals surface area contributed by atoms with Crippen LogP contribution in [0.3, 0.4) is 0 Å². The minimum Gasteiger partial charge on any atom is -0.486 e. The molecule has 0 radical (unpaired) electrons. The van der Waals surface area contributed by atoms with Crippen LogP contribution in [-0.2, 0) is 21.1 Å². The van der Waals surface area contributed by atoms with Crippen molar-refractivity contribution in [3.05, 3.63) is 30.1 Å². The zero-order valence-electron chi connectivity index (χ0n) is 18.8. The number of ether oxygens (including phenoxy) is 1. The van der Waals surface area contributed by atoms with Crippen LogP contribution < -0.4 is 9.64 Å². The van der Waals surface area contributed by atoms with Crippen molar-refractivity contribution in [1.29, 1.82) is 0 Å². The van der Waals surface area contributed by atoms with Crippen LogP contribution in [0, 0.1) is 0 Å². The molecule has 0 aliphatic carbocycles. The summed E-state index contributed by atoms with van der Waals surface area (Å²) in [6, 6.07) is 2.14. The Hall–Kier alpha value is -2.97. The van der Waals surface area contributed by atoms with E-state index in [-0.39, 0.29) is 34.0 Å². The number of sulfone groups is 1. The summed E-state index contributed by atoms with van der Waals surface area (Å²) in [6.07, 6.45) is -6.87. The largest absolute Gasteiger partial charge is 0.486 e. The van der Waals surface area contributed by atoms with Crippen LogP contribution in [0.25, 0.3) is 11.4 Å². The topological polar surface area (TPSA) is 89.5 Å². The maximum Gasteiger partial charge on any atom is 0.356 e. The molecule has 1 atom stereocenters. The van der Waals surface area contributed by atoms with Crippen molar-refractivity contribution in [2.45, 2.75) is 56.2 Å². The Labute approximate surface area is 201 Å². The quantitative estimate of drug-likeness (QED) is 0.343. The number of nitrogens with zero attached hydrogens (tertiary/aromatic N) is 3. The highest BCUT2D eigenvalue weighted by molar-refractivity contribution is 7.91. The molecule has 2 aromatic heterocycles. The zero-order valence-corrected chi connectivity index (χ0v) is 19.6. The van der Waals surface area contributed by atoms with Crippen molar-refractivity contribution in [2.24, 2.45) is 0 Å². The van der Waals surface area contributed by atoms with E-state index in [0.29, 0.717) is 6.92 Å². The fourth-order valence-electron chi connectivity index (χ4n) is 3.36. The maximum atomic E-state index is 14.4. The van der Waals surface area contributed by atoms with Crippen molar-refractivity contribution in [1.82, 2.24) is 9.97 Å². The van der Waals surface area contributed by atoms with Crippen molar-refractivity contribution >= 4 is 21.4 Å². The lowest BCUT2D eigenvalue weighted by Crippen LogP contribution is -2.53. The summed E-state index contributed by atoms with van der Waals surface area (Å²) in [6.45, 7) is 0.873. The predicted molar refractivity (Wildman–Crippen MR) is 113 cm³/mol. The highest BCUT2D eigenvalue weighted by Crippen LogP contribution is 2.39. The summed E-state index contributed by atoms with van der Waals surface area (Å²) in [5, 5.41) is 0. The highest BCUT2D eigenvalue weighted by atomic mass is 32.2. The summed E-state index contributed by atoms with van der Waals surface area (Å²) < 4.78 is 124. The smallest absolute Gasteiger partial charge is 0.356 e. The van der Waals surface area contributed by atoms with Crippen LogP contribution in [0.4, 0.5) is 36.4 Å². The molecule has 0 bridgehead atoms. The van der Waals surface area contributed by atoms with Crippen LogP contribution in [0.15, 0.2) is 29.4 Å². The van der Waals surface area contributed by atoms with Gasteiger partial charge in [-0.25, -0.2) is 35.4 Å². The molecule has 0 saturated heterocycles. The van der Waals surface area contributed by atoms with Gasteiger partial charge in [0.2, 0.25) is 12.2 Å². The average Bonchev–Trinajstić information content (AvgIpc) is 2.81. The number of carbonyl (C=O) groups is 1. The molecule has 1 aliphatic rings. The standard InChI is InChI=1S/C21H20F7N3O4S/c1-3-36(33,34)15-7-12(35-10-20(2,25)26)8-30-17(15)13-6-11-4-5-16(32)31(14(11)9-29-13)19(24)21(27,28)18(22)23/h6-9,18-19H,3-5,10H2,1-2H3. The minimum atomic E-state index is -5.15. The second-order valence-corrected chi connectivity index (χ2v) is 10.3. The van der Waals surface area contributed by atoms with E-state index in [0.717, 1.165) is 18.5 Å². The van der Waals surface area contributed by atoms with Gasteiger partial charge in [0.25, 0.3) is 5.92 Å². The molecule has 1 unspecified atom stereocenters.